The molecule has 1 aromatic carbocycles. The molecule has 2 aromatic rings. The molecule has 1 aliphatic heterocycles. The third kappa shape index (κ3) is 3.48. The van der Waals surface area contributed by atoms with Gasteiger partial charge in [-0.25, -0.2) is 0 Å². The van der Waals surface area contributed by atoms with E-state index in [1.165, 1.54) is 17.5 Å². The molecule has 0 unspecified atom stereocenters. The lowest BCUT2D eigenvalue weighted by Crippen LogP contribution is -2.40. The molecule has 1 fully saturated rings. The highest BCUT2D eigenvalue weighted by atomic mass is 16.2. The van der Waals surface area contributed by atoms with Gasteiger partial charge in [0.2, 0.25) is 5.91 Å². The molecule has 0 radical (unpaired) electrons. The smallest absolute Gasteiger partial charge is 0.223 e. The molecule has 4 rings (SSSR count). The summed E-state index contributed by atoms with van der Waals surface area (Å²) in [7, 11) is 0. The number of aromatic amines is 1. The summed E-state index contributed by atoms with van der Waals surface area (Å²) in [4.78, 5) is 15.0. The Bertz CT molecular complexity index is 751. The number of H-pyrrole nitrogens is 1. The summed E-state index contributed by atoms with van der Waals surface area (Å²) in [5, 5.41) is 7.45. The molecular weight excluding hydrogens is 310 g/mol. The first-order valence-corrected chi connectivity index (χ1v) is 9.58. The van der Waals surface area contributed by atoms with Gasteiger partial charge in [-0.05, 0) is 62.1 Å². The average molecular weight is 337 g/mol. The number of benzene rings is 1. The van der Waals surface area contributed by atoms with Gasteiger partial charge in [-0.2, -0.15) is 5.10 Å². The number of nitrogens with one attached hydrogen (secondary N) is 1. The first-order chi connectivity index (χ1) is 12.2. The summed E-state index contributed by atoms with van der Waals surface area (Å²) in [6, 6.07) is 10.8. The van der Waals surface area contributed by atoms with Crippen LogP contribution in [0.2, 0.25) is 0 Å². The molecule has 25 heavy (non-hydrogen) atoms. The van der Waals surface area contributed by atoms with Crippen molar-refractivity contribution in [3.8, 4) is 0 Å². The zero-order chi connectivity index (χ0) is 17.2. The minimum absolute atomic E-state index is 0.318. The predicted molar refractivity (Wildman–Crippen MR) is 98.6 cm³/mol. The van der Waals surface area contributed by atoms with Crippen LogP contribution in [0.15, 0.2) is 30.3 Å². The standard InChI is InChI=1S/C21H27N3O/c1-15-12-20(23-22-15)18-9-5-11-24(14-18)21(25)13-17-8-4-7-16-6-2-3-10-19(16)17/h2-3,6,10,12,17-18H,4-5,7-9,11,13-14H2,1H3,(H,22,23)/t17-,18-/m0/s1. The van der Waals surface area contributed by atoms with E-state index in [-0.39, 0.29) is 0 Å². The van der Waals surface area contributed by atoms with Crippen molar-refractivity contribution in [2.45, 2.75) is 57.3 Å². The number of likely N-dealkylation sites (tertiary alicyclic amines) is 1. The summed E-state index contributed by atoms with van der Waals surface area (Å²) in [5.74, 6) is 1.09. The van der Waals surface area contributed by atoms with Crippen LogP contribution in [0.1, 0.15) is 66.5 Å². The fraction of sp³-hybridized carbons (Fsp3) is 0.524. The van der Waals surface area contributed by atoms with Crippen LogP contribution >= 0.6 is 0 Å². The van der Waals surface area contributed by atoms with Crippen LogP contribution in [0.5, 0.6) is 0 Å². The Morgan fingerprint density at radius 1 is 1.28 bits per heavy atom. The van der Waals surface area contributed by atoms with E-state index in [4.69, 9.17) is 0 Å². The topological polar surface area (TPSA) is 49.0 Å². The molecule has 1 amide bonds. The molecule has 2 heterocycles. The Labute approximate surface area is 149 Å². The third-order valence-electron chi connectivity index (χ3n) is 5.83. The molecule has 4 nitrogen and oxygen atoms in total. The first kappa shape index (κ1) is 16.4. The van der Waals surface area contributed by atoms with Crippen molar-refractivity contribution in [2.24, 2.45) is 0 Å². The maximum absolute atomic E-state index is 13.0. The lowest BCUT2D eigenvalue weighted by molar-refractivity contribution is -0.132. The number of carbonyl (C=O) groups excluding carboxylic acids is 1. The van der Waals surface area contributed by atoms with E-state index in [9.17, 15) is 4.79 Å². The van der Waals surface area contributed by atoms with Crippen LogP contribution < -0.4 is 0 Å². The molecule has 1 aromatic heterocycles. The second-order valence-corrected chi connectivity index (χ2v) is 7.65. The van der Waals surface area contributed by atoms with Crippen molar-refractivity contribution in [2.75, 3.05) is 13.1 Å². The highest BCUT2D eigenvalue weighted by molar-refractivity contribution is 5.77. The van der Waals surface area contributed by atoms with Gasteiger partial charge >= 0.3 is 0 Å². The zero-order valence-electron chi connectivity index (χ0n) is 15.0. The van der Waals surface area contributed by atoms with E-state index in [0.717, 1.165) is 50.2 Å². The molecular formula is C21H27N3O. The minimum Gasteiger partial charge on any atom is -0.342 e. The minimum atomic E-state index is 0.318. The van der Waals surface area contributed by atoms with Gasteiger partial charge in [0, 0.05) is 31.1 Å². The van der Waals surface area contributed by atoms with Gasteiger partial charge in [-0.15, -0.1) is 0 Å². The van der Waals surface area contributed by atoms with Crippen molar-refractivity contribution in [3.63, 3.8) is 0 Å². The van der Waals surface area contributed by atoms with Crippen LogP contribution in [0.4, 0.5) is 0 Å². The molecule has 132 valence electrons. The number of hydrogen-bond donors (Lipinski definition) is 1. The Morgan fingerprint density at radius 3 is 3.00 bits per heavy atom. The van der Waals surface area contributed by atoms with Crippen LogP contribution in [0, 0.1) is 6.92 Å². The van der Waals surface area contributed by atoms with Gasteiger partial charge in [0.1, 0.15) is 0 Å². The molecule has 1 aliphatic carbocycles. The SMILES string of the molecule is Cc1cc([C@H]2CCCN(C(=O)C[C@@H]3CCCc4ccccc43)C2)n[nH]1. The Morgan fingerprint density at radius 2 is 2.16 bits per heavy atom. The number of nitrogens with zero attached hydrogens (tertiary/aromatic N) is 2. The maximum atomic E-state index is 13.0. The predicted octanol–water partition coefficient (Wildman–Crippen LogP) is 3.93. The Hall–Kier alpha value is -2.10. The van der Waals surface area contributed by atoms with Crippen molar-refractivity contribution < 1.29 is 4.79 Å². The molecule has 2 atom stereocenters. The number of piperidine rings is 1. The van der Waals surface area contributed by atoms with E-state index in [1.54, 1.807) is 0 Å². The van der Waals surface area contributed by atoms with E-state index in [2.05, 4.69) is 45.4 Å². The van der Waals surface area contributed by atoms with Crippen LogP contribution in [0.3, 0.4) is 0 Å². The summed E-state index contributed by atoms with van der Waals surface area (Å²) in [6.07, 6.45) is 6.35. The highest BCUT2D eigenvalue weighted by Crippen LogP contribution is 2.35. The highest BCUT2D eigenvalue weighted by Gasteiger charge is 2.29. The van der Waals surface area contributed by atoms with Crippen molar-refractivity contribution in [1.29, 1.82) is 0 Å². The lowest BCUT2D eigenvalue weighted by atomic mass is 9.80. The Kier molecular flexibility index (Phi) is 4.60. The number of rotatable bonds is 3. The van der Waals surface area contributed by atoms with Crippen LogP contribution in [-0.4, -0.2) is 34.1 Å². The van der Waals surface area contributed by atoms with Crippen LogP contribution in [0.25, 0.3) is 0 Å². The molecule has 4 heteroatoms. The summed E-state index contributed by atoms with van der Waals surface area (Å²) in [6.45, 7) is 3.74. The van der Waals surface area contributed by atoms with Gasteiger partial charge in [0.15, 0.2) is 0 Å². The summed E-state index contributed by atoms with van der Waals surface area (Å²) < 4.78 is 0. The maximum Gasteiger partial charge on any atom is 0.223 e. The van der Waals surface area contributed by atoms with E-state index in [0.29, 0.717) is 24.2 Å². The lowest BCUT2D eigenvalue weighted by Gasteiger charge is -2.34. The first-order valence-electron chi connectivity index (χ1n) is 9.58. The second-order valence-electron chi connectivity index (χ2n) is 7.65. The van der Waals surface area contributed by atoms with Crippen molar-refractivity contribution in [1.82, 2.24) is 15.1 Å². The number of fused-ring (bicyclic) bond motifs is 1. The quantitative estimate of drug-likeness (QED) is 0.922. The second kappa shape index (κ2) is 7.03. The van der Waals surface area contributed by atoms with Crippen molar-refractivity contribution >= 4 is 5.91 Å². The fourth-order valence-corrected chi connectivity index (χ4v) is 4.50. The van der Waals surface area contributed by atoms with Gasteiger partial charge in [0.25, 0.3) is 0 Å². The van der Waals surface area contributed by atoms with E-state index in [1.807, 2.05) is 6.92 Å². The normalized spacial score (nSPS) is 23.3. The molecule has 2 aliphatic rings. The number of aromatic nitrogens is 2. The van der Waals surface area contributed by atoms with Gasteiger partial charge in [-0.3, -0.25) is 9.89 Å². The van der Waals surface area contributed by atoms with Crippen molar-refractivity contribution in [3.05, 3.63) is 52.8 Å². The Balaban J connectivity index is 1.43. The fourth-order valence-electron chi connectivity index (χ4n) is 4.50. The van der Waals surface area contributed by atoms with E-state index < -0.39 is 0 Å². The van der Waals surface area contributed by atoms with Gasteiger partial charge in [0.05, 0.1) is 5.69 Å². The molecule has 0 saturated carbocycles. The zero-order valence-corrected chi connectivity index (χ0v) is 15.0. The summed E-state index contributed by atoms with van der Waals surface area (Å²) in [5.41, 5.74) is 5.05. The van der Waals surface area contributed by atoms with Gasteiger partial charge < -0.3 is 4.90 Å². The molecule has 1 saturated heterocycles. The third-order valence-corrected chi connectivity index (χ3v) is 5.83. The monoisotopic (exact) mass is 337 g/mol. The van der Waals surface area contributed by atoms with Crippen LogP contribution in [-0.2, 0) is 11.2 Å². The molecule has 0 bridgehead atoms. The largest absolute Gasteiger partial charge is 0.342 e. The number of amides is 1. The van der Waals surface area contributed by atoms with Gasteiger partial charge in [-0.1, -0.05) is 24.3 Å². The molecule has 0 spiro atoms. The summed E-state index contributed by atoms with van der Waals surface area (Å²) >= 11 is 0. The van der Waals surface area contributed by atoms with E-state index >= 15 is 0 Å². The number of aryl methyl sites for hydroxylation is 2. The average Bonchev–Trinajstić information content (AvgIpc) is 3.09. The number of carbonyl (C=O) groups is 1. The molecule has 1 N–H and O–H groups in total. The number of hydrogen-bond acceptors (Lipinski definition) is 2.